The molecule has 0 aromatic heterocycles. The summed E-state index contributed by atoms with van der Waals surface area (Å²) in [5.41, 5.74) is -0.175. The van der Waals surface area contributed by atoms with Crippen molar-refractivity contribution in [1.82, 2.24) is 5.32 Å². The molecule has 3 heteroatoms. The van der Waals surface area contributed by atoms with Crippen molar-refractivity contribution in [2.24, 2.45) is 5.16 Å². The lowest BCUT2D eigenvalue weighted by atomic mass is 10.1. The van der Waals surface area contributed by atoms with Gasteiger partial charge in [-0.15, -0.1) is 0 Å². The van der Waals surface area contributed by atoms with Gasteiger partial charge in [0.15, 0.2) is 0 Å². The summed E-state index contributed by atoms with van der Waals surface area (Å²) in [5.74, 6) is 0. The fraction of sp³-hybridized carbons (Fsp3) is 0.900. The largest absolute Gasteiger partial charge is 0.390 e. The van der Waals surface area contributed by atoms with E-state index < -0.39 is 0 Å². The number of nitrogens with zero attached hydrogens (tertiary/aromatic N) is 1. The predicted octanol–water partition coefficient (Wildman–Crippen LogP) is 1.93. The van der Waals surface area contributed by atoms with Gasteiger partial charge in [0.05, 0.1) is 6.21 Å². The molecule has 13 heavy (non-hydrogen) atoms. The highest BCUT2D eigenvalue weighted by atomic mass is 16.6. The molecule has 0 bridgehead atoms. The summed E-state index contributed by atoms with van der Waals surface area (Å²) in [6, 6.07) is 0.413. The van der Waals surface area contributed by atoms with Crippen LogP contribution in [0.25, 0.3) is 0 Å². The van der Waals surface area contributed by atoms with Crippen LogP contribution in [0.4, 0.5) is 0 Å². The summed E-state index contributed by atoms with van der Waals surface area (Å²) in [5, 5.41) is 7.35. The van der Waals surface area contributed by atoms with Gasteiger partial charge >= 0.3 is 0 Å². The molecule has 0 aliphatic carbocycles. The molecule has 0 aromatic rings. The Balaban J connectivity index is 2.22. The summed E-state index contributed by atoms with van der Waals surface area (Å²) in [4.78, 5) is 5.26. The molecular weight excluding hydrogens is 164 g/mol. The van der Waals surface area contributed by atoms with Crippen LogP contribution in [0.1, 0.15) is 40.0 Å². The highest BCUT2D eigenvalue weighted by molar-refractivity contribution is 5.63. The van der Waals surface area contributed by atoms with Gasteiger partial charge in [0, 0.05) is 6.04 Å². The molecule has 0 aromatic carbocycles. The zero-order valence-electron chi connectivity index (χ0n) is 8.84. The maximum Gasteiger partial charge on any atom is 0.129 e. The Labute approximate surface area is 80.5 Å². The van der Waals surface area contributed by atoms with E-state index in [1.807, 2.05) is 27.0 Å². The van der Waals surface area contributed by atoms with Crippen LogP contribution in [-0.4, -0.2) is 24.4 Å². The third kappa shape index (κ3) is 4.88. The van der Waals surface area contributed by atoms with Crippen LogP contribution in [0.3, 0.4) is 0 Å². The van der Waals surface area contributed by atoms with Gasteiger partial charge in [-0.3, -0.25) is 0 Å². The van der Waals surface area contributed by atoms with Crippen LogP contribution in [0.15, 0.2) is 5.16 Å². The van der Waals surface area contributed by atoms with Gasteiger partial charge in [0.1, 0.15) is 5.60 Å². The van der Waals surface area contributed by atoms with Gasteiger partial charge < -0.3 is 10.2 Å². The number of piperidine rings is 1. The zero-order chi connectivity index (χ0) is 9.73. The normalized spacial score (nSPS) is 25.0. The molecule has 1 saturated heterocycles. The molecule has 0 radical (unpaired) electrons. The van der Waals surface area contributed by atoms with Gasteiger partial charge in [-0.25, -0.2) is 0 Å². The Bertz CT molecular complexity index is 166. The summed E-state index contributed by atoms with van der Waals surface area (Å²) in [7, 11) is 0. The lowest BCUT2D eigenvalue weighted by Gasteiger charge is -2.20. The van der Waals surface area contributed by atoms with Crippen molar-refractivity contribution < 1.29 is 4.84 Å². The molecule has 76 valence electrons. The van der Waals surface area contributed by atoms with Crippen molar-refractivity contribution in [2.75, 3.05) is 6.54 Å². The van der Waals surface area contributed by atoms with Crippen molar-refractivity contribution in [3.05, 3.63) is 0 Å². The molecule has 0 saturated carbocycles. The van der Waals surface area contributed by atoms with E-state index >= 15 is 0 Å². The highest BCUT2D eigenvalue weighted by Crippen LogP contribution is 2.08. The molecule has 0 spiro atoms. The maximum atomic E-state index is 5.26. The first-order chi connectivity index (χ1) is 6.08. The predicted molar refractivity (Wildman–Crippen MR) is 55.0 cm³/mol. The van der Waals surface area contributed by atoms with Crippen molar-refractivity contribution in [2.45, 2.75) is 51.7 Å². The van der Waals surface area contributed by atoms with E-state index in [4.69, 9.17) is 4.84 Å². The number of hydrogen-bond donors (Lipinski definition) is 1. The Morgan fingerprint density at radius 1 is 1.38 bits per heavy atom. The number of oxime groups is 1. The molecule has 1 unspecified atom stereocenters. The van der Waals surface area contributed by atoms with E-state index in [0.29, 0.717) is 6.04 Å². The first kappa shape index (κ1) is 10.5. The highest BCUT2D eigenvalue weighted by Gasteiger charge is 2.12. The molecule has 1 fully saturated rings. The van der Waals surface area contributed by atoms with Crippen molar-refractivity contribution in [3.8, 4) is 0 Å². The van der Waals surface area contributed by atoms with E-state index in [9.17, 15) is 0 Å². The number of rotatable bonds is 2. The fourth-order valence-electron chi connectivity index (χ4n) is 1.27. The molecule has 1 atom stereocenters. The van der Waals surface area contributed by atoms with E-state index in [0.717, 1.165) is 6.54 Å². The van der Waals surface area contributed by atoms with E-state index in [-0.39, 0.29) is 5.60 Å². The summed E-state index contributed by atoms with van der Waals surface area (Å²) < 4.78 is 0. The average Bonchev–Trinajstić information content (AvgIpc) is 2.04. The monoisotopic (exact) mass is 184 g/mol. The first-order valence-corrected chi connectivity index (χ1v) is 5.03. The Hall–Kier alpha value is -0.570. The minimum Gasteiger partial charge on any atom is -0.390 e. The molecule has 1 aliphatic rings. The Morgan fingerprint density at radius 2 is 2.15 bits per heavy atom. The second-order valence-corrected chi connectivity index (χ2v) is 4.51. The van der Waals surface area contributed by atoms with Crippen LogP contribution in [-0.2, 0) is 4.84 Å². The number of nitrogens with one attached hydrogen (secondary N) is 1. The van der Waals surface area contributed by atoms with Crippen molar-refractivity contribution in [1.29, 1.82) is 0 Å². The second kappa shape index (κ2) is 4.61. The molecule has 3 nitrogen and oxygen atoms in total. The van der Waals surface area contributed by atoms with E-state index in [1.165, 1.54) is 19.3 Å². The first-order valence-electron chi connectivity index (χ1n) is 5.03. The SMILES string of the molecule is CC(C)(C)O/N=C\C1CCCCN1. The summed E-state index contributed by atoms with van der Waals surface area (Å²) >= 11 is 0. The molecule has 1 heterocycles. The number of hydrogen-bond acceptors (Lipinski definition) is 3. The third-order valence-corrected chi connectivity index (χ3v) is 1.92. The quantitative estimate of drug-likeness (QED) is 0.525. The molecular formula is C10H20N2O. The minimum absolute atomic E-state index is 0.175. The smallest absolute Gasteiger partial charge is 0.129 e. The van der Waals surface area contributed by atoms with Crippen LogP contribution in [0.5, 0.6) is 0 Å². The molecule has 0 amide bonds. The molecule has 1 N–H and O–H groups in total. The third-order valence-electron chi connectivity index (χ3n) is 1.92. The van der Waals surface area contributed by atoms with Crippen LogP contribution < -0.4 is 5.32 Å². The fourth-order valence-corrected chi connectivity index (χ4v) is 1.27. The minimum atomic E-state index is -0.175. The Kier molecular flexibility index (Phi) is 3.72. The lowest BCUT2D eigenvalue weighted by molar-refractivity contribution is 0.00126. The average molecular weight is 184 g/mol. The zero-order valence-corrected chi connectivity index (χ0v) is 8.84. The van der Waals surface area contributed by atoms with Gasteiger partial charge in [0.2, 0.25) is 0 Å². The lowest BCUT2D eigenvalue weighted by Crippen LogP contribution is -2.35. The molecule has 1 rings (SSSR count). The second-order valence-electron chi connectivity index (χ2n) is 4.51. The van der Waals surface area contributed by atoms with Crippen LogP contribution in [0, 0.1) is 0 Å². The van der Waals surface area contributed by atoms with Gasteiger partial charge in [-0.2, -0.15) is 0 Å². The van der Waals surface area contributed by atoms with Crippen LogP contribution in [0.2, 0.25) is 0 Å². The van der Waals surface area contributed by atoms with Gasteiger partial charge in [-0.1, -0.05) is 11.6 Å². The van der Waals surface area contributed by atoms with Crippen molar-refractivity contribution in [3.63, 3.8) is 0 Å². The van der Waals surface area contributed by atoms with Gasteiger partial charge in [0.25, 0.3) is 0 Å². The van der Waals surface area contributed by atoms with Crippen molar-refractivity contribution >= 4 is 6.21 Å². The topological polar surface area (TPSA) is 33.6 Å². The standard InChI is InChI=1S/C10H20N2O/c1-10(2,3)13-12-8-9-6-4-5-7-11-9/h8-9,11H,4-7H2,1-3H3/b12-8-. The van der Waals surface area contributed by atoms with Crippen LogP contribution >= 0.6 is 0 Å². The molecule has 1 aliphatic heterocycles. The maximum absolute atomic E-state index is 5.26. The summed E-state index contributed by atoms with van der Waals surface area (Å²) in [6.45, 7) is 7.10. The summed E-state index contributed by atoms with van der Waals surface area (Å²) in [6.07, 6.45) is 5.63. The van der Waals surface area contributed by atoms with E-state index in [2.05, 4.69) is 10.5 Å². The Morgan fingerprint density at radius 3 is 2.69 bits per heavy atom. The van der Waals surface area contributed by atoms with Gasteiger partial charge in [-0.05, 0) is 40.2 Å². The van der Waals surface area contributed by atoms with E-state index in [1.54, 1.807) is 0 Å².